The van der Waals surface area contributed by atoms with E-state index in [1.165, 1.54) is 11.1 Å². The highest BCUT2D eigenvalue weighted by molar-refractivity contribution is 5.79. The van der Waals surface area contributed by atoms with Crippen molar-refractivity contribution in [2.75, 3.05) is 0 Å². The van der Waals surface area contributed by atoms with Gasteiger partial charge in [-0.15, -0.1) is 0 Å². The van der Waals surface area contributed by atoms with Crippen LogP contribution in [-0.2, 0) is 13.5 Å². The smallest absolute Gasteiger partial charge is 0.113 e. The Kier molecular flexibility index (Phi) is 2.35. The maximum absolute atomic E-state index is 4.65. The van der Waals surface area contributed by atoms with Gasteiger partial charge < -0.3 is 4.57 Å². The van der Waals surface area contributed by atoms with Crippen molar-refractivity contribution >= 4 is 11.0 Å². The normalized spacial score (nSPS) is 10.9. The van der Waals surface area contributed by atoms with E-state index in [-0.39, 0.29) is 0 Å². The fraction of sp³-hybridized carbons (Fsp3) is 0.308. The van der Waals surface area contributed by atoms with Gasteiger partial charge in [0.2, 0.25) is 0 Å². The number of benzene rings is 1. The van der Waals surface area contributed by atoms with Crippen molar-refractivity contribution in [2.24, 2.45) is 7.05 Å². The number of hydrogen-bond donors (Lipinski definition) is 0. The average Bonchev–Trinajstić information content (AvgIpc) is 2.46. The zero-order chi connectivity index (χ0) is 11.0. The lowest BCUT2D eigenvalue weighted by atomic mass is 10.2. The predicted octanol–water partition coefficient (Wildman–Crippen LogP) is 3.00. The second-order valence-electron chi connectivity index (χ2n) is 4.16. The van der Waals surface area contributed by atoms with Crippen LogP contribution in [0.1, 0.15) is 18.3 Å². The highest BCUT2D eigenvalue weighted by atomic mass is 15.1. The van der Waals surface area contributed by atoms with Gasteiger partial charge in [0.15, 0.2) is 0 Å². The molecule has 2 nitrogen and oxygen atoms in total. The summed E-state index contributed by atoms with van der Waals surface area (Å²) in [6.07, 6.45) is 0.852. The number of allylic oxidation sites excluding steroid dienone is 1. The van der Waals surface area contributed by atoms with Crippen LogP contribution in [0, 0.1) is 6.92 Å². The monoisotopic (exact) mass is 200 g/mol. The first-order chi connectivity index (χ1) is 7.09. The second kappa shape index (κ2) is 3.54. The van der Waals surface area contributed by atoms with Gasteiger partial charge in [-0.2, -0.15) is 0 Å². The standard InChI is InChI=1S/C13H16N2/c1-9(2)8-12-14-13-10(3)6-5-7-11(13)15(12)4/h5-7H,1,8H2,2-4H3. The molecule has 15 heavy (non-hydrogen) atoms. The Hall–Kier alpha value is -1.57. The van der Waals surface area contributed by atoms with Gasteiger partial charge in [-0.25, -0.2) is 4.98 Å². The first-order valence-electron chi connectivity index (χ1n) is 5.15. The molecule has 0 bridgehead atoms. The summed E-state index contributed by atoms with van der Waals surface area (Å²) in [5.41, 5.74) is 4.68. The van der Waals surface area contributed by atoms with E-state index in [1.54, 1.807) is 0 Å². The molecule has 78 valence electrons. The van der Waals surface area contributed by atoms with Crippen molar-refractivity contribution in [1.82, 2.24) is 9.55 Å². The largest absolute Gasteiger partial charge is 0.331 e. The summed E-state index contributed by atoms with van der Waals surface area (Å²) in [5, 5.41) is 0. The minimum atomic E-state index is 0.852. The lowest BCUT2D eigenvalue weighted by Gasteiger charge is -2.00. The van der Waals surface area contributed by atoms with Crippen LogP contribution in [-0.4, -0.2) is 9.55 Å². The van der Waals surface area contributed by atoms with E-state index >= 15 is 0 Å². The first kappa shape index (κ1) is 9.97. The van der Waals surface area contributed by atoms with Crippen molar-refractivity contribution in [1.29, 1.82) is 0 Å². The summed E-state index contributed by atoms with van der Waals surface area (Å²) in [4.78, 5) is 4.65. The van der Waals surface area contributed by atoms with Crippen LogP contribution in [0.4, 0.5) is 0 Å². The zero-order valence-electron chi connectivity index (χ0n) is 9.54. The molecule has 0 saturated heterocycles. The molecule has 2 rings (SSSR count). The Bertz CT molecular complexity index is 521. The maximum atomic E-state index is 4.65. The minimum absolute atomic E-state index is 0.852. The second-order valence-corrected chi connectivity index (χ2v) is 4.16. The van der Waals surface area contributed by atoms with E-state index in [1.807, 2.05) is 6.92 Å². The summed E-state index contributed by atoms with van der Waals surface area (Å²) in [6.45, 7) is 8.06. The van der Waals surface area contributed by atoms with Gasteiger partial charge in [0, 0.05) is 13.5 Å². The number of nitrogens with zero attached hydrogens (tertiary/aromatic N) is 2. The SMILES string of the molecule is C=C(C)Cc1nc2c(C)cccc2n1C. The van der Waals surface area contributed by atoms with E-state index in [4.69, 9.17) is 0 Å². The van der Waals surface area contributed by atoms with Gasteiger partial charge in [-0.3, -0.25) is 0 Å². The highest BCUT2D eigenvalue weighted by Crippen LogP contribution is 2.19. The van der Waals surface area contributed by atoms with Gasteiger partial charge in [-0.1, -0.05) is 24.3 Å². The molecule has 0 fully saturated rings. The van der Waals surface area contributed by atoms with Crippen molar-refractivity contribution in [2.45, 2.75) is 20.3 Å². The Morgan fingerprint density at radius 3 is 2.80 bits per heavy atom. The first-order valence-corrected chi connectivity index (χ1v) is 5.15. The third-order valence-electron chi connectivity index (χ3n) is 2.67. The Labute approximate surface area is 90.3 Å². The van der Waals surface area contributed by atoms with Crippen LogP contribution in [0.5, 0.6) is 0 Å². The average molecular weight is 200 g/mol. The molecule has 0 radical (unpaired) electrons. The van der Waals surface area contributed by atoms with Crippen molar-refractivity contribution in [3.05, 3.63) is 41.7 Å². The van der Waals surface area contributed by atoms with Gasteiger partial charge in [0.25, 0.3) is 0 Å². The summed E-state index contributed by atoms with van der Waals surface area (Å²) in [5.74, 6) is 1.09. The van der Waals surface area contributed by atoms with Crippen molar-refractivity contribution < 1.29 is 0 Å². The molecule has 2 heteroatoms. The third-order valence-corrected chi connectivity index (χ3v) is 2.67. The number of fused-ring (bicyclic) bond motifs is 1. The highest BCUT2D eigenvalue weighted by Gasteiger charge is 2.08. The van der Waals surface area contributed by atoms with Crippen LogP contribution in [0.25, 0.3) is 11.0 Å². The van der Waals surface area contributed by atoms with E-state index in [0.29, 0.717) is 0 Å². The van der Waals surface area contributed by atoms with Crippen LogP contribution in [0.15, 0.2) is 30.4 Å². The lowest BCUT2D eigenvalue weighted by molar-refractivity contribution is 0.839. The molecule has 0 saturated carbocycles. The Balaban J connectivity index is 2.64. The molecule has 1 aromatic heterocycles. The van der Waals surface area contributed by atoms with Crippen molar-refractivity contribution in [3.8, 4) is 0 Å². The fourth-order valence-electron chi connectivity index (χ4n) is 1.83. The number of hydrogen-bond acceptors (Lipinski definition) is 1. The third kappa shape index (κ3) is 1.67. The van der Waals surface area contributed by atoms with Gasteiger partial charge in [0.1, 0.15) is 5.82 Å². The van der Waals surface area contributed by atoms with Crippen molar-refractivity contribution in [3.63, 3.8) is 0 Å². The summed E-state index contributed by atoms with van der Waals surface area (Å²) in [6, 6.07) is 6.28. The Morgan fingerprint density at radius 1 is 1.47 bits per heavy atom. The van der Waals surface area contributed by atoms with E-state index in [0.717, 1.165) is 23.3 Å². The molecule has 0 N–H and O–H groups in total. The van der Waals surface area contributed by atoms with Gasteiger partial charge in [-0.05, 0) is 25.5 Å². The molecular weight excluding hydrogens is 184 g/mol. The molecular formula is C13H16N2. The number of imidazole rings is 1. The van der Waals surface area contributed by atoms with Crippen LogP contribution in [0.3, 0.4) is 0 Å². The minimum Gasteiger partial charge on any atom is -0.331 e. The molecule has 0 amide bonds. The topological polar surface area (TPSA) is 17.8 Å². The maximum Gasteiger partial charge on any atom is 0.113 e. The van der Waals surface area contributed by atoms with E-state index in [9.17, 15) is 0 Å². The van der Waals surface area contributed by atoms with Gasteiger partial charge >= 0.3 is 0 Å². The van der Waals surface area contributed by atoms with Crippen LogP contribution < -0.4 is 0 Å². The Morgan fingerprint density at radius 2 is 2.20 bits per heavy atom. The number of aryl methyl sites for hydroxylation is 2. The molecule has 1 heterocycles. The van der Waals surface area contributed by atoms with E-state index < -0.39 is 0 Å². The van der Waals surface area contributed by atoms with Crippen LogP contribution >= 0.6 is 0 Å². The molecule has 0 aliphatic rings. The summed E-state index contributed by atoms with van der Waals surface area (Å²) < 4.78 is 2.15. The lowest BCUT2D eigenvalue weighted by Crippen LogP contribution is -1.97. The number of rotatable bonds is 2. The molecule has 0 aliphatic carbocycles. The predicted molar refractivity (Wildman–Crippen MR) is 64.0 cm³/mol. The molecule has 0 spiro atoms. The molecule has 2 aromatic rings. The molecule has 0 aliphatic heterocycles. The fourth-order valence-corrected chi connectivity index (χ4v) is 1.83. The van der Waals surface area contributed by atoms with E-state index in [2.05, 4.69) is 48.3 Å². The molecule has 1 aromatic carbocycles. The molecule has 0 atom stereocenters. The van der Waals surface area contributed by atoms with Crippen LogP contribution in [0.2, 0.25) is 0 Å². The van der Waals surface area contributed by atoms with Gasteiger partial charge in [0.05, 0.1) is 11.0 Å². The number of para-hydroxylation sites is 1. The quantitative estimate of drug-likeness (QED) is 0.681. The summed E-state index contributed by atoms with van der Waals surface area (Å²) >= 11 is 0. The summed E-state index contributed by atoms with van der Waals surface area (Å²) in [7, 11) is 2.06. The number of aromatic nitrogens is 2. The zero-order valence-corrected chi connectivity index (χ0v) is 9.54. The molecule has 0 unspecified atom stereocenters.